The number of aryl methyl sites for hydroxylation is 1. The Morgan fingerprint density at radius 3 is 2.55 bits per heavy atom. The van der Waals surface area contributed by atoms with Gasteiger partial charge in [0.1, 0.15) is 11.6 Å². The fraction of sp³-hybridized carbons (Fsp3) is 0.381. The van der Waals surface area contributed by atoms with Crippen LogP contribution in [0.3, 0.4) is 0 Å². The molecule has 4 rings (SSSR count). The predicted molar refractivity (Wildman–Crippen MR) is 110 cm³/mol. The first kappa shape index (κ1) is 21.1. The van der Waals surface area contributed by atoms with Gasteiger partial charge in [-0.05, 0) is 43.7 Å². The fourth-order valence-corrected chi connectivity index (χ4v) is 3.57. The number of phenols is 1. The average Bonchev–Trinajstić information content (AvgIpc) is 2.75. The van der Waals surface area contributed by atoms with Crippen LogP contribution in [0.2, 0.25) is 0 Å². The molecule has 7 nitrogen and oxygen atoms in total. The standard InChI is InChI=1S/C21H22F3N5O2/c1-12(14-7-15(21(22,23)24)9-16(30)8-14)26-20-17-10-19(29-3-5-31-6-4-29)25-11-18(17)13(2)27-28-20/h7-12,30H,3-6H2,1-2H3,(H,26,28). The molecule has 0 spiro atoms. The number of fused-ring (bicyclic) bond motifs is 1. The molecule has 0 bridgehead atoms. The summed E-state index contributed by atoms with van der Waals surface area (Å²) in [5, 5.41) is 22.9. The molecule has 0 aliphatic carbocycles. The quantitative estimate of drug-likeness (QED) is 0.642. The Morgan fingerprint density at radius 1 is 1.10 bits per heavy atom. The van der Waals surface area contributed by atoms with E-state index in [4.69, 9.17) is 4.74 Å². The molecule has 2 N–H and O–H groups in total. The number of alkyl halides is 3. The summed E-state index contributed by atoms with van der Waals surface area (Å²) in [7, 11) is 0. The highest BCUT2D eigenvalue weighted by molar-refractivity contribution is 5.94. The van der Waals surface area contributed by atoms with Crippen molar-refractivity contribution >= 4 is 22.4 Å². The van der Waals surface area contributed by atoms with Gasteiger partial charge < -0.3 is 20.1 Å². The third kappa shape index (κ3) is 4.48. The molecule has 1 aliphatic rings. The third-order valence-electron chi connectivity index (χ3n) is 5.29. The number of benzene rings is 1. The van der Waals surface area contributed by atoms with Crippen LogP contribution in [0.4, 0.5) is 24.8 Å². The molecule has 3 heterocycles. The van der Waals surface area contributed by atoms with Crippen LogP contribution in [0, 0.1) is 6.92 Å². The van der Waals surface area contributed by atoms with Gasteiger partial charge in [0.05, 0.1) is 30.5 Å². The molecule has 1 unspecified atom stereocenters. The number of aromatic hydroxyl groups is 1. The smallest absolute Gasteiger partial charge is 0.416 e. The third-order valence-corrected chi connectivity index (χ3v) is 5.29. The van der Waals surface area contributed by atoms with Crippen molar-refractivity contribution in [3.05, 3.63) is 47.3 Å². The zero-order valence-electron chi connectivity index (χ0n) is 17.1. The van der Waals surface area contributed by atoms with E-state index in [-0.39, 0.29) is 5.56 Å². The lowest BCUT2D eigenvalue weighted by Crippen LogP contribution is -2.36. The number of morpholine rings is 1. The van der Waals surface area contributed by atoms with E-state index >= 15 is 0 Å². The number of pyridine rings is 1. The Kier molecular flexibility index (Phi) is 5.57. The summed E-state index contributed by atoms with van der Waals surface area (Å²) in [6.45, 7) is 6.20. The van der Waals surface area contributed by atoms with Crippen LogP contribution in [0.15, 0.2) is 30.5 Å². The van der Waals surface area contributed by atoms with Crippen molar-refractivity contribution in [1.29, 1.82) is 0 Å². The zero-order chi connectivity index (χ0) is 22.2. The molecule has 1 saturated heterocycles. The van der Waals surface area contributed by atoms with E-state index in [0.29, 0.717) is 30.8 Å². The van der Waals surface area contributed by atoms with Gasteiger partial charge in [-0.2, -0.15) is 18.3 Å². The van der Waals surface area contributed by atoms with Crippen molar-refractivity contribution in [1.82, 2.24) is 15.2 Å². The molecule has 1 aliphatic heterocycles. The Balaban J connectivity index is 1.69. The number of aromatic nitrogens is 3. The summed E-state index contributed by atoms with van der Waals surface area (Å²) in [5.74, 6) is 0.759. The van der Waals surface area contributed by atoms with Crippen LogP contribution in [0.1, 0.15) is 29.8 Å². The maximum absolute atomic E-state index is 13.1. The molecule has 0 radical (unpaired) electrons. The van der Waals surface area contributed by atoms with Gasteiger partial charge >= 0.3 is 6.18 Å². The number of halogens is 3. The highest BCUT2D eigenvalue weighted by atomic mass is 19.4. The Morgan fingerprint density at radius 2 is 1.84 bits per heavy atom. The summed E-state index contributed by atoms with van der Waals surface area (Å²) < 4.78 is 44.8. The molecule has 0 amide bonds. The normalized spacial score (nSPS) is 15.8. The maximum atomic E-state index is 13.1. The maximum Gasteiger partial charge on any atom is 0.416 e. The molecule has 10 heteroatoms. The van der Waals surface area contributed by atoms with E-state index in [0.717, 1.165) is 35.7 Å². The molecule has 0 saturated carbocycles. The first-order valence-electron chi connectivity index (χ1n) is 9.86. The first-order valence-corrected chi connectivity index (χ1v) is 9.86. The SMILES string of the molecule is Cc1nnc(NC(C)c2cc(O)cc(C(F)(F)F)c2)c2cc(N3CCOCC3)ncc12. The van der Waals surface area contributed by atoms with Gasteiger partial charge in [0.2, 0.25) is 0 Å². The molecular weight excluding hydrogens is 411 g/mol. The van der Waals surface area contributed by atoms with Crippen LogP contribution in [0.25, 0.3) is 10.8 Å². The highest BCUT2D eigenvalue weighted by Gasteiger charge is 2.31. The van der Waals surface area contributed by atoms with Crippen molar-refractivity contribution in [2.24, 2.45) is 0 Å². The van der Waals surface area contributed by atoms with Gasteiger partial charge in [-0.1, -0.05) is 0 Å². The second kappa shape index (κ2) is 8.18. The van der Waals surface area contributed by atoms with Crippen molar-refractivity contribution < 1.29 is 23.0 Å². The van der Waals surface area contributed by atoms with Crippen LogP contribution in [-0.4, -0.2) is 46.6 Å². The van der Waals surface area contributed by atoms with Crippen LogP contribution in [0.5, 0.6) is 5.75 Å². The van der Waals surface area contributed by atoms with E-state index in [1.807, 2.05) is 13.0 Å². The second-order valence-electron chi connectivity index (χ2n) is 7.50. The molecule has 1 fully saturated rings. The number of nitrogens with zero attached hydrogens (tertiary/aromatic N) is 4. The molecule has 2 aromatic heterocycles. The molecular formula is C21H22F3N5O2. The zero-order valence-corrected chi connectivity index (χ0v) is 17.1. The summed E-state index contributed by atoms with van der Waals surface area (Å²) >= 11 is 0. The van der Waals surface area contributed by atoms with Gasteiger partial charge in [-0.25, -0.2) is 4.98 Å². The number of nitrogens with one attached hydrogen (secondary N) is 1. The van der Waals surface area contributed by atoms with Crippen molar-refractivity contribution in [2.75, 3.05) is 36.5 Å². The van der Waals surface area contributed by atoms with E-state index in [1.165, 1.54) is 6.07 Å². The summed E-state index contributed by atoms with van der Waals surface area (Å²) in [6, 6.07) is 4.37. The minimum Gasteiger partial charge on any atom is -0.508 e. The van der Waals surface area contributed by atoms with Crippen molar-refractivity contribution in [2.45, 2.75) is 26.1 Å². The van der Waals surface area contributed by atoms with Crippen LogP contribution >= 0.6 is 0 Å². The van der Waals surface area contributed by atoms with Crippen molar-refractivity contribution in [3.8, 4) is 5.75 Å². The lowest BCUT2D eigenvalue weighted by molar-refractivity contribution is -0.137. The number of anilines is 2. The highest BCUT2D eigenvalue weighted by Crippen LogP contribution is 2.35. The van der Waals surface area contributed by atoms with E-state index in [1.54, 1.807) is 13.1 Å². The minimum atomic E-state index is -4.55. The molecule has 1 aromatic carbocycles. The number of hydrogen-bond acceptors (Lipinski definition) is 7. The average molecular weight is 433 g/mol. The van der Waals surface area contributed by atoms with E-state index < -0.39 is 23.5 Å². The van der Waals surface area contributed by atoms with E-state index in [9.17, 15) is 18.3 Å². The Bertz CT molecular complexity index is 1100. The number of rotatable bonds is 4. The molecule has 1 atom stereocenters. The summed E-state index contributed by atoms with van der Waals surface area (Å²) in [4.78, 5) is 6.64. The number of hydrogen-bond donors (Lipinski definition) is 2. The van der Waals surface area contributed by atoms with Gasteiger partial charge in [-0.15, -0.1) is 5.10 Å². The van der Waals surface area contributed by atoms with Gasteiger partial charge in [0.25, 0.3) is 0 Å². The topological polar surface area (TPSA) is 83.4 Å². The molecule has 31 heavy (non-hydrogen) atoms. The predicted octanol–water partition coefficient (Wildman–Crippen LogP) is 4.07. The Labute approximate surface area is 176 Å². The minimum absolute atomic E-state index is 0.283. The van der Waals surface area contributed by atoms with Crippen LogP contribution < -0.4 is 10.2 Å². The largest absolute Gasteiger partial charge is 0.508 e. The first-order chi connectivity index (χ1) is 14.7. The lowest BCUT2D eigenvalue weighted by Gasteiger charge is -2.28. The van der Waals surface area contributed by atoms with Crippen LogP contribution in [-0.2, 0) is 10.9 Å². The summed E-state index contributed by atoms with van der Waals surface area (Å²) in [6.07, 6.45) is -2.82. The van der Waals surface area contributed by atoms with Gasteiger partial charge in [0, 0.05) is 30.1 Å². The molecule has 164 valence electrons. The number of ether oxygens (including phenoxy) is 1. The Hall–Kier alpha value is -3.14. The summed E-state index contributed by atoms with van der Waals surface area (Å²) in [5.41, 5.74) is 0.0751. The van der Waals surface area contributed by atoms with E-state index in [2.05, 4.69) is 25.4 Å². The van der Waals surface area contributed by atoms with Gasteiger partial charge in [-0.3, -0.25) is 0 Å². The second-order valence-corrected chi connectivity index (χ2v) is 7.50. The fourth-order valence-electron chi connectivity index (χ4n) is 3.57. The van der Waals surface area contributed by atoms with Crippen molar-refractivity contribution in [3.63, 3.8) is 0 Å². The number of phenolic OH excluding ortho intramolecular Hbond substituents is 1. The lowest BCUT2D eigenvalue weighted by atomic mass is 10.0. The monoisotopic (exact) mass is 433 g/mol. The molecule has 3 aromatic rings. The van der Waals surface area contributed by atoms with Gasteiger partial charge in [0.15, 0.2) is 5.82 Å².